The summed E-state index contributed by atoms with van der Waals surface area (Å²) >= 11 is 0. The molecule has 0 radical (unpaired) electrons. The Kier molecular flexibility index (Phi) is 6.43. The normalized spacial score (nSPS) is 10.2. The third-order valence-corrected chi connectivity index (χ3v) is 4.00. The Morgan fingerprint density at radius 3 is 2.23 bits per heavy atom. The van der Waals surface area contributed by atoms with E-state index in [4.69, 9.17) is 15.2 Å². The van der Waals surface area contributed by atoms with Crippen molar-refractivity contribution in [3.63, 3.8) is 0 Å². The van der Waals surface area contributed by atoms with E-state index >= 15 is 0 Å². The van der Waals surface area contributed by atoms with Gasteiger partial charge in [0.25, 0.3) is 0 Å². The number of anilines is 3. The lowest BCUT2D eigenvalue weighted by atomic mass is 10.2. The number of ether oxygens (including phenoxy) is 3. The van der Waals surface area contributed by atoms with Crippen LogP contribution in [0.1, 0.15) is 27.6 Å². The van der Waals surface area contributed by atoms with Gasteiger partial charge in [0.15, 0.2) is 5.82 Å². The molecule has 1 heterocycles. The molecule has 0 bridgehead atoms. The minimum absolute atomic E-state index is 0.154. The van der Waals surface area contributed by atoms with Gasteiger partial charge >= 0.3 is 11.9 Å². The molecule has 0 aliphatic carbocycles. The maximum Gasteiger partial charge on any atom is 0.338 e. The highest BCUT2D eigenvalue weighted by molar-refractivity contribution is 5.90. The van der Waals surface area contributed by atoms with Crippen LogP contribution in [0.25, 0.3) is 0 Å². The molecule has 0 aliphatic heterocycles. The molecule has 0 fully saturated rings. The van der Waals surface area contributed by atoms with Gasteiger partial charge in [0, 0.05) is 5.69 Å². The maximum atomic E-state index is 11.7. The van der Waals surface area contributed by atoms with Gasteiger partial charge in [-0.05, 0) is 55.5 Å². The number of hydrogen-bond acceptors (Lipinski definition) is 9. The van der Waals surface area contributed by atoms with E-state index in [1.807, 2.05) is 0 Å². The predicted octanol–water partition coefficient (Wildman–Crippen LogP) is 3.56. The first-order valence-corrected chi connectivity index (χ1v) is 9.02. The highest BCUT2D eigenvalue weighted by Gasteiger charge is 2.12. The van der Waals surface area contributed by atoms with Gasteiger partial charge in [0.1, 0.15) is 17.8 Å². The quantitative estimate of drug-likeness (QED) is 0.564. The van der Waals surface area contributed by atoms with Gasteiger partial charge in [-0.25, -0.2) is 14.6 Å². The summed E-state index contributed by atoms with van der Waals surface area (Å²) in [6.45, 7) is 2.06. The van der Waals surface area contributed by atoms with Crippen molar-refractivity contribution in [2.75, 3.05) is 24.8 Å². The molecule has 0 atom stereocenters. The predicted molar refractivity (Wildman–Crippen MR) is 110 cm³/mol. The summed E-state index contributed by atoms with van der Waals surface area (Å²) in [7, 11) is 1.31. The number of nitrogens with one attached hydrogen (secondary N) is 1. The highest BCUT2D eigenvalue weighted by atomic mass is 16.5. The van der Waals surface area contributed by atoms with Crippen molar-refractivity contribution in [3.05, 3.63) is 66.0 Å². The van der Waals surface area contributed by atoms with Gasteiger partial charge < -0.3 is 25.3 Å². The van der Waals surface area contributed by atoms with Crippen molar-refractivity contribution >= 4 is 29.1 Å². The zero-order valence-corrected chi connectivity index (χ0v) is 16.4. The summed E-state index contributed by atoms with van der Waals surface area (Å²) in [5.74, 6) is 0.109. The second-order valence-corrected chi connectivity index (χ2v) is 5.98. The van der Waals surface area contributed by atoms with E-state index in [0.717, 1.165) is 0 Å². The molecule has 2 aromatic carbocycles. The van der Waals surface area contributed by atoms with Crippen molar-refractivity contribution < 1.29 is 23.8 Å². The van der Waals surface area contributed by atoms with E-state index in [0.29, 0.717) is 35.0 Å². The summed E-state index contributed by atoms with van der Waals surface area (Å²) in [6.07, 6.45) is 1.31. The minimum Gasteiger partial charge on any atom is -0.465 e. The van der Waals surface area contributed by atoms with E-state index in [9.17, 15) is 9.59 Å². The van der Waals surface area contributed by atoms with E-state index in [1.165, 1.54) is 13.4 Å². The van der Waals surface area contributed by atoms with Crippen LogP contribution in [0.4, 0.5) is 17.2 Å². The molecule has 0 unspecified atom stereocenters. The number of hydrogen-bond donors (Lipinski definition) is 2. The van der Waals surface area contributed by atoms with Crippen LogP contribution in [0.2, 0.25) is 0 Å². The molecule has 0 spiro atoms. The first-order valence-electron chi connectivity index (χ1n) is 9.02. The van der Waals surface area contributed by atoms with Gasteiger partial charge in [-0.15, -0.1) is 0 Å². The Morgan fingerprint density at radius 1 is 0.967 bits per heavy atom. The number of nitrogens with two attached hydrogens (primary N) is 1. The third kappa shape index (κ3) is 4.82. The van der Waals surface area contributed by atoms with Gasteiger partial charge in [-0.1, -0.05) is 0 Å². The first kappa shape index (κ1) is 20.6. The maximum absolute atomic E-state index is 11.7. The van der Waals surface area contributed by atoms with Crippen LogP contribution in [0.3, 0.4) is 0 Å². The number of rotatable bonds is 7. The lowest BCUT2D eigenvalue weighted by Crippen LogP contribution is -2.05. The Balaban J connectivity index is 1.73. The van der Waals surface area contributed by atoms with Crippen LogP contribution in [0.15, 0.2) is 54.9 Å². The molecule has 3 aromatic rings. The number of methoxy groups -OCH3 is 1. The molecule has 9 nitrogen and oxygen atoms in total. The van der Waals surface area contributed by atoms with Gasteiger partial charge in [-0.3, -0.25) is 0 Å². The number of nitrogens with zero attached hydrogens (tertiary/aromatic N) is 2. The van der Waals surface area contributed by atoms with Crippen molar-refractivity contribution in [2.24, 2.45) is 0 Å². The monoisotopic (exact) mass is 408 g/mol. The van der Waals surface area contributed by atoms with Crippen LogP contribution >= 0.6 is 0 Å². The lowest BCUT2D eigenvalue weighted by molar-refractivity contribution is 0.0525. The van der Waals surface area contributed by atoms with Gasteiger partial charge in [0.05, 0.1) is 24.8 Å². The van der Waals surface area contributed by atoms with E-state index in [-0.39, 0.29) is 17.5 Å². The first-order chi connectivity index (χ1) is 14.5. The van der Waals surface area contributed by atoms with Crippen LogP contribution in [-0.2, 0) is 9.47 Å². The third-order valence-electron chi connectivity index (χ3n) is 4.00. The van der Waals surface area contributed by atoms with Crippen LogP contribution < -0.4 is 15.8 Å². The van der Waals surface area contributed by atoms with Crippen molar-refractivity contribution in [1.82, 2.24) is 9.97 Å². The molecule has 3 N–H and O–H groups in total. The molecular formula is C21H20N4O5. The standard InChI is InChI=1S/C21H20N4O5/c1-3-29-21(27)14-4-8-15(9-5-14)25-18-17(22)19(24-12-23-18)30-16-10-6-13(7-11-16)20(26)28-2/h4-12H,3,22H2,1-2H3,(H,23,24,25). The highest BCUT2D eigenvalue weighted by Crippen LogP contribution is 2.31. The van der Waals surface area contributed by atoms with Crippen LogP contribution in [-0.4, -0.2) is 35.6 Å². The fourth-order valence-corrected chi connectivity index (χ4v) is 2.49. The summed E-state index contributed by atoms with van der Waals surface area (Å²) in [4.78, 5) is 31.4. The average Bonchev–Trinajstić information content (AvgIpc) is 2.77. The Bertz CT molecular complexity index is 1040. The number of aromatic nitrogens is 2. The van der Waals surface area contributed by atoms with E-state index in [1.54, 1.807) is 55.5 Å². The van der Waals surface area contributed by atoms with Crippen LogP contribution in [0, 0.1) is 0 Å². The zero-order valence-electron chi connectivity index (χ0n) is 16.4. The number of carbonyl (C=O) groups excluding carboxylic acids is 2. The zero-order chi connectivity index (χ0) is 21.5. The molecule has 9 heteroatoms. The smallest absolute Gasteiger partial charge is 0.338 e. The summed E-state index contributed by atoms with van der Waals surface area (Å²) in [6, 6.07) is 13.0. The molecule has 0 saturated carbocycles. The Hall–Kier alpha value is -4.14. The van der Waals surface area contributed by atoms with Gasteiger partial charge in [0.2, 0.25) is 5.88 Å². The van der Waals surface area contributed by atoms with Crippen LogP contribution in [0.5, 0.6) is 11.6 Å². The largest absolute Gasteiger partial charge is 0.465 e. The molecule has 30 heavy (non-hydrogen) atoms. The topological polar surface area (TPSA) is 126 Å². The second-order valence-electron chi connectivity index (χ2n) is 5.98. The van der Waals surface area contributed by atoms with Crippen molar-refractivity contribution in [1.29, 1.82) is 0 Å². The molecule has 1 aromatic heterocycles. The molecule has 0 saturated heterocycles. The fourth-order valence-electron chi connectivity index (χ4n) is 2.49. The minimum atomic E-state index is -0.441. The SMILES string of the molecule is CCOC(=O)c1ccc(Nc2ncnc(Oc3ccc(C(=O)OC)cc3)c2N)cc1. The average molecular weight is 408 g/mol. The molecule has 0 aliphatic rings. The Labute approximate surface area is 172 Å². The number of nitrogen functional groups attached to an aromatic ring is 1. The number of benzene rings is 2. The fraction of sp³-hybridized carbons (Fsp3) is 0.143. The number of carbonyl (C=O) groups is 2. The Morgan fingerprint density at radius 2 is 1.60 bits per heavy atom. The summed E-state index contributed by atoms with van der Waals surface area (Å²) < 4.78 is 15.3. The molecular weight excluding hydrogens is 388 g/mol. The van der Waals surface area contributed by atoms with E-state index < -0.39 is 5.97 Å². The molecule has 3 rings (SSSR count). The summed E-state index contributed by atoms with van der Waals surface area (Å²) in [5, 5.41) is 3.06. The van der Waals surface area contributed by atoms with E-state index in [2.05, 4.69) is 20.0 Å². The van der Waals surface area contributed by atoms with Crippen molar-refractivity contribution in [3.8, 4) is 11.6 Å². The lowest BCUT2D eigenvalue weighted by Gasteiger charge is -2.12. The second kappa shape index (κ2) is 9.37. The van der Waals surface area contributed by atoms with Crippen molar-refractivity contribution in [2.45, 2.75) is 6.92 Å². The summed E-state index contributed by atoms with van der Waals surface area (Å²) in [5.41, 5.74) is 7.84. The molecule has 0 amide bonds. The van der Waals surface area contributed by atoms with Gasteiger partial charge in [-0.2, -0.15) is 4.98 Å². The number of esters is 2. The molecule has 154 valence electrons.